The molecule has 8 heteroatoms. The Labute approximate surface area is 136 Å². The molecule has 1 amide bonds. The van der Waals surface area contributed by atoms with Gasteiger partial charge in [0.2, 0.25) is 15.9 Å². The molecule has 22 heavy (non-hydrogen) atoms. The number of amides is 1. The van der Waals surface area contributed by atoms with Gasteiger partial charge in [-0.05, 0) is 50.6 Å². The molecular formula is C14H20ClN3O3S. The number of fused-ring (bicyclic) bond motifs is 1. The zero-order valence-corrected chi connectivity index (χ0v) is 14.0. The van der Waals surface area contributed by atoms with Gasteiger partial charge in [-0.3, -0.25) is 4.79 Å². The van der Waals surface area contributed by atoms with Gasteiger partial charge in [0.15, 0.2) is 0 Å². The maximum absolute atomic E-state index is 12.5. The number of halogens is 1. The number of anilines is 1. The fraction of sp³-hybridized carbons (Fsp3) is 0.500. The Bertz CT molecular complexity index is 672. The summed E-state index contributed by atoms with van der Waals surface area (Å²) in [6.07, 6.45) is 2.62. The van der Waals surface area contributed by atoms with Crippen LogP contribution in [0.2, 0.25) is 0 Å². The molecule has 2 N–H and O–H groups in total. The summed E-state index contributed by atoms with van der Waals surface area (Å²) < 4.78 is 26.1. The number of rotatable bonds is 3. The van der Waals surface area contributed by atoms with Crippen LogP contribution in [0.3, 0.4) is 0 Å². The maximum atomic E-state index is 12.5. The van der Waals surface area contributed by atoms with Crippen LogP contribution in [0, 0.1) is 0 Å². The van der Waals surface area contributed by atoms with E-state index in [0.717, 1.165) is 37.1 Å². The molecule has 0 bridgehead atoms. The minimum atomic E-state index is -3.49. The van der Waals surface area contributed by atoms with Crippen molar-refractivity contribution in [3.63, 3.8) is 0 Å². The van der Waals surface area contributed by atoms with Crippen molar-refractivity contribution in [2.75, 3.05) is 25.0 Å². The maximum Gasteiger partial charge on any atom is 0.244 e. The first-order valence-electron chi connectivity index (χ1n) is 7.14. The van der Waals surface area contributed by atoms with E-state index in [0.29, 0.717) is 6.54 Å². The van der Waals surface area contributed by atoms with E-state index in [1.807, 2.05) is 0 Å². The van der Waals surface area contributed by atoms with Crippen LogP contribution >= 0.6 is 12.4 Å². The average Bonchev–Trinajstić information content (AvgIpc) is 3.15. The van der Waals surface area contributed by atoms with Gasteiger partial charge in [-0.25, -0.2) is 13.1 Å². The van der Waals surface area contributed by atoms with Crippen molar-refractivity contribution in [3.05, 3.63) is 23.8 Å². The Balaban J connectivity index is 0.00000176. The second-order valence-corrected chi connectivity index (χ2v) is 7.27. The molecular weight excluding hydrogens is 326 g/mol. The summed E-state index contributed by atoms with van der Waals surface area (Å²) in [7, 11) is -2.11. The molecule has 3 rings (SSSR count). The SMILES string of the molecule is CNS(=O)(=O)c1ccc2c(c1)N(C(=O)C1CCCN1)CC2.Cl. The highest BCUT2D eigenvalue weighted by Crippen LogP contribution is 2.31. The van der Waals surface area contributed by atoms with Gasteiger partial charge in [0, 0.05) is 12.2 Å². The van der Waals surface area contributed by atoms with Gasteiger partial charge in [-0.15, -0.1) is 12.4 Å². The first kappa shape index (κ1) is 17.2. The van der Waals surface area contributed by atoms with Crippen molar-refractivity contribution in [3.8, 4) is 0 Å². The van der Waals surface area contributed by atoms with Crippen LogP contribution < -0.4 is 14.9 Å². The molecule has 2 aliphatic heterocycles. The fourth-order valence-corrected chi connectivity index (χ4v) is 3.71. The first-order valence-corrected chi connectivity index (χ1v) is 8.62. The third kappa shape index (κ3) is 2.99. The van der Waals surface area contributed by atoms with Crippen LogP contribution in [0.25, 0.3) is 0 Å². The van der Waals surface area contributed by atoms with Crippen LogP contribution in [-0.4, -0.2) is 40.5 Å². The Hall–Kier alpha value is -1.15. The van der Waals surface area contributed by atoms with E-state index in [1.54, 1.807) is 23.1 Å². The van der Waals surface area contributed by atoms with Gasteiger partial charge < -0.3 is 10.2 Å². The number of hydrogen-bond acceptors (Lipinski definition) is 4. The van der Waals surface area contributed by atoms with Crippen molar-refractivity contribution in [2.24, 2.45) is 0 Å². The predicted octanol–water partition coefficient (Wildman–Crippen LogP) is 0.658. The van der Waals surface area contributed by atoms with E-state index in [1.165, 1.54) is 7.05 Å². The fourth-order valence-electron chi connectivity index (χ4n) is 2.96. The van der Waals surface area contributed by atoms with Gasteiger partial charge in [0.05, 0.1) is 10.9 Å². The standard InChI is InChI=1S/C14H19N3O3S.ClH/c1-15-21(19,20)11-5-4-10-6-8-17(13(10)9-11)14(18)12-3-2-7-16-12;/h4-5,9,12,15-16H,2-3,6-8H2,1H3;1H. The Kier molecular flexibility index (Phi) is 5.11. The normalized spacial score (nSPS) is 20.6. The van der Waals surface area contributed by atoms with Crippen LogP contribution in [0.15, 0.2) is 23.1 Å². The highest BCUT2D eigenvalue weighted by Gasteiger charge is 2.32. The van der Waals surface area contributed by atoms with Crippen molar-refractivity contribution < 1.29 is 13.2 Å². The molecule has 1 saturated heterocycles. The molecule has 122 valence electrons. The average molecular weight is 346 g/mol. The molecule has 0 aromatic heterocycles. The van der Waals surface area contributed by atoms with E-state index >= 15 is 0 Å². The number of carbonyl (C=O) groups is 1. The lowest BCUT2D eigenvalue weighted by Gasteiger charge is -2.21. The Morgan fingerprint density at radius 1 is 1.41 bits per heavy atom. The molecule has 0 aliphatic carbocycles. The molecule has 0 saturated carbocycles. The lowest BCUT2D eigenvalue weighted by Crippen LogP contribution is -2.43. The minimum absolute atomic E-state index is 0. The molecule has 1 atom stereocenters. The van der Waals surface area contributed by atoms with E-state index in [-0.39, 0.29) is 29.3 Å². The lowest BCUT2D eigenvalue weighted by atomic mass is 10.1. The van der Waals surface area contributed by atoms with Crippen molar-refractivity contribution in [1.29, 1.82) is 0 Å². The van der Waals surface area contributed by atoms with Crippen molar-refractivity contribution in [2.45, 2.75) is 30.2 Å². The predicted molar refractivity (Wildman–Crippen MR) is 87.0 cm³/mol. The molecule has 0 spiro atoms. The molecule has 1 aromatic rings. The summed E-state index contributed by atoms with van der Waals surface area (Å²) in [5.41, 5.74) is 1.75. The van der Waals surface area contributed by atoms with Crippen LogP contribution in [0.4, 0.5) is 5.69 Å². The third-order valence-corrected chi connectivity index (χ3v) is 5.57. The third-order valence-electron chi connectivity index (χ3n) is 4.16. The number of sulfonamides is 1. The summed E-state index contributed by atoms with van der Waals surface area (Å²) in [4.78, 5) is 14.5. The quantitative estimate of drug-likeness (QED) is 0.843. The molecule has 2 aliphatic rings. The second-order valence-electron chi connectivity index (χ2n) is 5.39. The summed E-state index contributed by atoms with van der Waals surface area (Å²) in [5.74, 6) is 0.0465. The highest BCUT2D eigenvalue weighted by atomic mass is 35.5. The number of benzene rings is 1. The van der Waals surface area contributed by atoms with Gasteiger partial charge in [-0.2, -0.15) is 0 Å². The van der Waals surface area contributed by atoms with Gasteiger partial charge in [0.1, 0.15) is 0 Å². The number of nitrogens with one attached hydrogen (secondary N) is 2. The molecule has 2 heterocycles. The van der Waals surface area contributed by atoms with Gasteiger partial charge in [-0.1, -0.05) is 6.07 Å². The van der Waals surface area contributed by atoms with Gasteiger partial charge >= 0.3 is 0 Å². The summed E-state index contributed by atoms with van der Waals surface area (Å²) in [6.45, 7) is 1.49. The van der Waals surface area contributed by atoms with E-state index < -0.39 is 10.0 Å². The van der Waals surface area contributed by atoms with Crippen LogP contribution in [0.5, 0.6) is 0 Å². The minimum Gasteiger partial charge on any atom is -0.310 e. The van der Waals surface area contributed by atoms with Crippen molar-refractivity contribution in [1.82, 2.24) is 10.0 Å². The molecule has 1 aromatic carbocycles. The van der Waals surface area contributed by atoms with Gasteiger partial charge in [0.25, 0.3) is 0 Å². The summed E-state index contributed by atoms with van der Waals surface area (Å²) in [5, 5.41) is 3.20. The number of nitrogens with zero attached hydrogens (tertiary/aromatic N) is 1. The Morgan fingerprint density at radius 3 is 2.82 bits per heavy atom. The molecule has 1 unspecified atom stereocenters. The zero-order valence-electron chi connectivity index (χ0n) is 12.3. The molecule has 6 nitrogen and oxygen atoms in total. The topological polar surface area (TPSA) is 78.5 Å². The van der Waals surface area contributed by atoms with E-state index in [2.05, 4.69) is 10.0 Å². The zero-order chi connectivity index (χ0) is 15.0. The van der Waals surface area contributed by atoms with Crippen molar-refractivity contribution >= 4 is 34.0 Å². The molecule has 1 fully saturated rings. The van der Waals surface area contributed by atoms with Crippen LogP contribution in [-0.2, 0) is 21.2 Å². The molecule has 0 radical (unpaired) electrons. The number of hydrogen-bond donors (Lipinski definition) is 2. The summed E-state index contributed by atoms with van der Waals surface area (Å²) in [6, 6.07) is 4.85. The first-order chi connectivity index (χ1) is 10.0. The van der Waals surface area contributed by atoms with E-state index in [4.69, 9.17) is 0 Å². The second kappa shape index (κ2) is 6.54. The highest BCUT2D eigenvalue weighted by molar-refractivity contribution is 7.89. The number of carbonyl (C=O) groups excluding carboxylic acids is 1. The Morgan fingerprint density at radius 2 is 2.18 bits per heavy atom. The van der Waals surface area contributed by atoms with E-state index in [9.17, 15) is 13.2 Å². The monoisotopic (exact) mass is 345 g/mol. The van der Waals surface area contributed by atoms with Crippen LogP contribution in [0.1, 0.15) is 18.4 Å². The lowest BCUT2D eigenvalue weighted by molar-refractivity contribution is -0.120. The largest absolute Gasteiger partial charge is 0.310 e. The summed E-state index contributed by atoms with van der Waals surface area (Å²) >= 11 is 0. The smallest absolute Gasteiger partial charge is 0.244 e.